The lowest BCUT2D eigenvalue weighted by Gasteiger charge is -2.31. The van der Waals surface area contributed by atoms with E-state index in [4.69, 9.17) is 5.11 Å². The summed E-state index contributed by atoms with van der Waals surface area (Å²) in [7, 11) is 0. The van der Waals surface area contributed by atoms with Gasteiger partial charge in [-0.25, -0.2) is 9.78 Å². The predicted octanol–water partition coefficient (Wildman–Crippen LogP) is 2.46. The van der Waals surface area contributed by atoms with Crippen molar-refractivity contribution in [3.05, 3.63) is 33.5 Å². The van der Waals surface area contributed by atoms with Crippen molar-refractivity contribution < 1.29 is 14.7 Å². The molecule has 2 aliphatic rings. The van der Waals surface area contributed by atoms with Gasteiger partial charge in [0.25, 0.3) is 5.91 Å². The molecule has 1 unspecified atom stereocenters. The fourth-order valence-corrected chi connectivity index (χ4v) is 3.95. The highest BCUT2D eigenvalue weighted by Gasteiger charge is 2.31. The molecule has 8 heteroatoms. The summed E-state index contributed by atoms with van der Waals surface area (Å²) in [6.07, 6.45) is 4.22. The Bertz CT molecular complexity index is 780. The van der Waals surface area contributed by atoms with Crippen LogP contribution in [0.5, 0.6) is 0 Å². The third kappa shape index (κ3) is 2.93. The molecule has 1 atom stereocenters. The second-order valence-electron chi connectivity index (χ2n) is 6.45. The Morgan fingerprint density at radius 2 is 2.12 bits per heavy atom. The van der Waals surface area contributed by atoms with Gasteiger partial charge >= 0.3 is 5.97 Å². The summed E-state index contributed by atoms with van der Waals surface area (Å²) in [5.74, 6) is 1.34. The second kappa shape index (κ2) is 6.01. The van der Waals surface area contributed by atoms with Crippen LogP contribution in [0.4, 0.5) is 0 Å². The molecule has 2 aromatic rings. The monoisotopic (exact) mass is 346 g/mol. The molecule has 0 bridgehead atoms. The van der Waals surface area contributed by atoms with Crippen LogP contribution in [0.2, 0.25) is 0 Å². The van der Waals surface area contributed by atoms with E-state index in [0.717, 1.165) is 24.5 Å². The Hall–Kier alpha value is -2.22. The number of thiophene rings is 1. The van der Waals surface area contributed by atoms with Crippen molar-refractivity contribution in [1.29, 1.82) is 0 Å². The number of H-pyrrole nitrogens is 1. The summed E-state index contributed by atoms with van der Waals surface area (Å²) in [5, 5.41) is 17.9. The number of nitrogens with one attached hydrogen (secondary N) is 1. The molecule has 1 aliphatic carbocycles. The molecule has 1 aliphatic heterocycles. The van der Waals surface area contributed by atoms with Crippen molar-refractivity contribution in [3.63, 3.8) is 0 Å². The van der Waals surface area contributed by atoms with Crippen molar-refractivity contribution in [2.75, 3.05) is 13.1 Å². The van der Waals surface area contributed by atoms with Crippen LogP contribution in [0.3, 0.4) is 0 Å². The first-order valence-corrected chi connectivity index (χ1v) is 9.03. The first kappa shape index (κ1) is 15.3. The number of piperidine rings is 1. The molecule has 3 heterocycles. The first-order valence-electron chi connectivity index (χ1n) is 8.15. The van der Waals surface area contributed by atoms with Crippen molar-refractivity contribution in [3.8, 4) is 0 Å². The van der Waals surface area contributed by atoms with Gasteiger partial charge < -0.3 is 10.0 Å². The molecule has 1 saturated heterocycles. The van der Waals surface area contributed by atoms with Gasteiger partial charge in [-0.3, -0.25) is 9.89 Å². The summed E-state index contributed by atoms with van der Waals surface area (Å²) < 4.78 is 0. The fraction of sp³-hybridized carbons (Fsp3) is 0.500. The van der Waals surface area contributed by atoms with E-state index in [1.165, 1.54) is 35.6 Å². The second-order valence-corrected chi connectivity index (χ2v) is 7.36. The summed E-state index contributed by atoms with van der Waals surface area (Å²) >= 11 is 1.18. The van der Waals surface area contributed by atoms with Crippen LogP contribution >= 0.6 is 11.3 Å². The number of hydrogen-bond acceptors (Lipinski definition) is 5. The molecule has 0 radical (unpaired) electrons. The van der Waals surface area contributed by atoms with Crippen molar-refractivity contribution >= 4 is 23.2 Å². The number of carbonyl (C=O) groups is 2. The van der Waals surface area contributed by atoms with Crippen LogP contribution in [0.15, 0.2) is 11.4 Å². The van der Waals surface area contributed by atoms with Gasteiger partial charge in [0, 0.05) is 30.3 Å². The number of aromatic nitrogens is 3. The van der Waals surface area contributed by atoms with E-state index in [9.17, 15) is 9.59 Å². The average Bonchev–Trinajstić information content (AvgIpc) is 3.13. The Morgan fingerprint density at radius 1 is 1.29 bits per heavy atom. The molecule has 24 heavy (non-hydrogen) atoms. The Morgan fingerprint density at radius 3 is 2.83 bits per heavy atom. The van der Waals surface area contributed by atoms with E-state index in [-0.39, 0.29) is 17.4 Å². The lowest BCUT2D eigenvalue weighted by molar-refractivity contribution is 0.0697. The van der Waals surface area contributed by atoms with Gasteiger partial charge in [-0.1, -0.05) is 0 Å². The molecule has 0 spiro atoms. The number of carbonyl (C=O) groups excluding carboxylic acids is 1. The molecule has 4 rings (SSSR count). The number of rotatable bonds is 4. The number of hydrogen-bond donors (Lipinski definition) is 2. The van der Waals surface area contributed by atoms with Crippen LogP contribution in [0, 0.1) is 0 Å². The summed E-state index contributed by atoms with van der Waals surface area (Å²) in [6, 6.07) is 1.46. The molecular weight excluding hydrogens is 328 g/mol. The number of carboxylic acids is 1. The number of amides is 1. The van der Waals surface area contributed by atoms with Crippen molar-refractivity contribution in [2.24, 2.45) is 0 Å². The Kier molecular flexibility index (Phi) is 3.84. The van der Waals surface area contributed by atoms with Crippen LogP contribution in [-0.4, -0.2) is 50.2 Å². The highest BCUT2D eigenvalue weighted by molar-refractivity contribution is 7.12. The van der Waals surface area contributed by atoms with E-state index in [0.29, 0.717) is 23.9 Å². The molecule has 2 aromatic heterocycles. The van der Waals surface area contributed by atoms with E-state index >= 15 is 0 Å². The van der Waals surface area contributed by atoms with Crippen LogP contribution in [0.25, 0.3) is 0 Å². The third-order valence-electron chi connectivity index (χ3n) is 4.61. The van der Waals surface area contributed by atoms with Crippen LogP contribution < -0.4 is 0 Å². The van der Waals surface area contributed by atoms with Gasteiger partial charge in [0.2, 0.25) is 0 Å². The molecule has 2 N–H and O–H groups in total. The summed E-state index contributed by atoms with van der Waals surface area (Å²) in [4.78, 5) is 30.5. The standard InChI is InChI=1S/C16H18N4O3S/c21-15(12-6-11(8-24-12)16(22)23)20-5-1-2-10(7-20)14-17-13(18-19-14)9-3-4-9/h6,8-10H,1-5,7H2,(H,22,23)(H,17,18,19). The summed E-state index contributed by atoms with van der Waals surface area (Å²) in [6.45, 7) is 1.27. The van der Waals surface area contributed by atoms with Crippen molar-refractivity contribution in [2.45, 2.75) is 37.5 Å². The zero-order chi connectivity index (χ0) is 16.7. The minimum Gasteiger partial charge on any atom is -0.478 e. The van der Waals surface area contributed by atoms with E-state index in [1.807, 2.05) is 0 Å². The maximum Gasteiger partial charge on any atom is 0.336 e. The number of carboxylic acid groups (broad SMARTS) is 1. The van der Waals surface area contributed by atoms with Gasteiger partial charge in [0.15, 0.2) is 5.82 Å². The maximum absolute atomic E-state index is 12.6. The Labute approximate surface area is 142 Å². The topological polar surface area (TPSA) is 99.2 Å². The predicted molar refractivity (Wildman–Crippen MR) is 87.5 cm³/mol. The molecular formula is C16H18N4O3S. The number of nitrogens with zero attached hydrogens (tertiary/aromatic N) is 3. The van der Waals surface area contributed by atoms with Gasteiger partial charge in [-0.15, -0.1) is 11.3 Å². The third-order valence-corrected chi connectivity index (χ3v) is 5.53. The number of aromatic carboxylic acids is 1. The zero-order valence-electron chi connectivity index (χ0n) is 13.1. The van der Waals surface area contributed by atoms with Gasteiger partial charge in [0.1, 0.15) is 5.82 Å². The molecule has 1 amide bonds. The van der Waals surface area contributed by atoms with Gasteiger partial charge in [0.05, 0.1) is 10.4 Å². The smallest absolute Gasteiger partial charge is 0.336 e. The number of likely N-dealkylation sites (tertiary alicyclic amines) is 1. The highest BCUT2D eigenvalue weighted by atomic mass is 32.1. The quantitative estimate of drug-likeness (QED) is 0.886. The normalized spacial score (nSPS) is 21.0. The van der Waals surface area contributed by atoms with Gasteiger partial charge in [-0.2, -0.15) is 5.10 Å². The lowest BCUT2D eigenvalue weighted by atomic mass is 9.97. The Balaban J connectivity index is 1.46. The average molecular weight is 346 g/mol. The molecule has 0 aromatic carbocycles. The van der Waals surface area contributed by atoms with Crippen molar-refractivity contribution in [1.82, 2.24) is 20.1 Å². The molecule has 7 nitrogen and oxygen atoms in total. The first-order chi connectivity index (χ1) is 11.6. The molecule has 126 valence electrons. The van der Waals surface area contributed by atoms with Gasteiger partial charge in [-0.05, 0) is 31.7 Å². The zero-order valence-corrected chi connectivity index (χ0v) is 13.9. The molecule has 2 fully saturated rings. The molecule has 1 saturated carbocycles. The highest BCUT2D eigenvalue weighted by Crippen LogP contribution is 2.38. The van der Waals surface area contributed by atoms with Crippen LogP contribution in [-0.2, 0) is 0 Å². The minimum absolute atomic E-state index is 0.102. The number of aromatic amines is 1. The largest absolute Gasteiger partial charge is 0.478 e. The van der Waals surface area contributed by atoms with E-state index < -0.39 is 5.97 Å². The maximum atomic E-state index is 12.6. The van der Waals surface area contributed by atoms with E-state index in [2.05, 4.69) is 15.2 Å². The SMILES string of the molecule is O=C(O)c1csc(C(=O)N2CCCC(c3n[nH]c(C4CC4)n3)C2)c1. The summed E-state index contributed by atoms with van der Waals surface area (Å²) in [5.41, 5.74) is 0.167. The van der Waals surface area contributed by atoms with Crippen LogP contribution in [0.1, 0.15) is 69.2 Å². The fourth-order valence-electron chi connectivity index (χ4n) is 3.10. The van der Waals surface area contributed by atoms with E-state index in [1.54, 1.807) is 4.90 Å². The minimum atomic E-state index is -1.00. The lowest BCUT2D eigenvalue weighted by Crippen LogP contribution is -2.39.